The second-order valence-corrected chi connectivity index (χ2v) is 4.68. The summed E-state index contributed by atoms with van der Waals surface area (Å²) in [4.78, 5) is 13.3. The summed E-state index contributed by atoms with van der Waals surface area (Å²) in [7, 11) is 0. The molecule has 82 valence electrons. The molecule has 0 atom stereocenters. The molecule has 0 aromatic heterocycles. The van der Waals surface area contributed by atoms with Crippen molar-refractivity contribution >= 4 is 5.78 Å². The maximum Gasteiger partial charge on any atom is 0.129 e. The van der Waals surface area contributed by atoms with Crippen LogP contribution in [0.2, 0.25) is 0 Å². The zero-order chi connectivity index (χ0) is 10.4. The fourth-order valence-electron chi connectivity index (χ4n) is 2.00. The molecule has 1 fully saturated rings. The fourth-order valence-corrected chi connectivity index (χ4v) is 2.00. The SMILES string of the molecule is CC(=O)CCCCN1CCC(C)CC1. The van der Waals surface area contributed by atoms with Crippen LogP contribution in [0.5, 0.6) is 0 Å². The molecule has 2 nitrogen and oxygen atoms in total. The average molecular weight is 197 g/mol. The number of Topliss-reactive ketones (excluding diaryl/α,β-unsaturated/α-hetero) is 1. The second-order valence-electron chi connectivity index (χ2n) is 4.68. The number of rotatable bonds is 5. The molecular formula is C12H23NO. The Morgan fingerprint density at radius 3 is 2.50 bits per heavy atom. The monoisotopic (exact) mass is 197 g/mol. The summed E-state index contributed by atoms with van der Waals surface area (Å²) in [5.74, 6) is 1.25. The fraction of sp³-hybridized carbons (Fsp3) is 0.917. The number of nitrogens with zero attached hydrogens (tertiary/aromatic N) is 1. The van der Waals surface area contributed by atoms with Gasteiger partial charge in [0.15, 0.2) is 0 Å². The largest absolute Gasteiger partial charge is 0.303 e. The van der Waals surface area contributed by atoms with Crippen LogP contribution in [0.3, 0.4) is 0 Å². The molecule has 0 aromatic rings. The number of piperidine rings is 1. The van der Waals surface area contributed by atoms with Gasteiger partial charge >= 0.3 is 0 Å². The molecule has 0 aromatic carbocycles. The molecule has 0 spiro atoms. The van der Waals surface area contributed by atoms with Gasteiger partial charge in [0.1, 0.15) is 5.78 Å². The van der Waals surface area contributed by atoms with Crippen molar-refractivity contribution in [2.45, 2.75) is 46.0 Å². The molecule has 0 N–H and O–H groups in total. The third-order valence-electron chi connectivity index (χ3n) is 3.13. The van der Waals surface area contributed by atoms with Crippen LogP contribution in [-0.2, 0) is 4.79 Å². The Kier molecular flexibility index (Phi) is 5.16. The van der Waals surface area contributed by atoms with Gasteiger partial charge in [-0.15, -0.1) is 0 Å². The minimum Gasteiger partial charge on any atom is -0.303 e. The standard InChI is InChI=1S/C12H23NO/c1-11-6-9-13(10-7-11)8-4-3-5-12(2)14/h11H,3-10H2,1-2H3. The van der Waals surface area contributed by atoms with E-state index in [1.54, 1.807) is 6.92 Å². The van der Waals surface area contributed by atoms with Crippen molar-refractivity contribution in [3.05, 3.63) is 0 Å². The molecule has 1 rings (SSSR count). The van der Waals surface area contributed by atoms with E-state index in [0.717, 1.165) is 18.8 Å². The summed E-state index contributed by atoms with van der Waals surface area (Å²) in [6.07, 6.45) is 5.74. The Balaban J connectivity index is 1.99. The Hall–Kier alpha value is -0.370. The van der Waals surface area contributed by atoms with Gasteiger partial charge in [-0.2, -0.15) is 0 Å². The summed E-state index contributed by atoms with van der Waals surface area (Å²) in [5, 5.41) is 0. The van der Waals surface area contributed by atoms with Crippen molar-refractivity contribution in [3.63, 3.8) is 0 Å². The highest BCUT2D eigenvalue weighted by molar-refractivity contribution is 5.75. The summed E-state index contributed by atoms with van der Waals surface area (Å²) in [6.45, 7) is 7.75. The van der Waals surface area contributed by atoms with Crippen LogP contribution in [0.4, 0.5) is 0 Å². The highest BCUT2D eigenvalue weighted by Gasteiger charge is 2.14. The molecule has 0 saturated carbocycles. The van der Waals surface area contributed by atoms with Crippen molar-refractivity contribution in [1.82, 2.24) is 4.90 Å². The Morgan fingerprint density at radius 2 is 1.93 bits per heavy atom. The molecule has 1 aliphatic rings. The quantitative estimate of drug-likeness (QED) is 0.631. The van der Waals surface area contributed by atoms with Crippen LogP contribution in [0.25, 0.3) is 0 Å². The number of unbranched alkanes of at least 4 members (excludes halogenated alkanes) is 1. The molecule has 2 heteroatoms. The van der Waals surface area contributed by atoms with E-state index >= 15 is 0 Å². The van der Waals surface area contributed by atoms with Gasteiger partial charge in [0.25, 0.3) is 0 Å². The van der Waals surface area contributed by atoms with Crippen molar-refractivity contribution in [3.8, 4) is 0 Å². The lowest BCUT2D eigenvalue weighted by Crippen LogP contribution is -2.33. The van der Waals surface area contributed by atoms with E-state index in [1.807, 2.05) is 0 Å². The maximum atomic E-state index is 10.7. The lowest BCUT2D eigenvalue weighted by atomic mass is 9.99. The first-order chi connectivity index (χ1) is 6.68. The van der Waals surface area contributed by atoms with Gasteiger partial charge < -0.3 is 9.69 Å². The van der Waals surface area contributed by atoms with E-state index < -0.39 is 0 Å². The zero-order valence-corrected chi connectivity index (χ0v) is 9.59. The van der Waals surface area contributed by atoms with Crippen LogP contribution in [0.1, 0.15) is 46.0 Å². The Bertz CT molecular complexity index is 171. The first-order valence-corrected chi connectivity index (χ1v) is 5.90. The highest BCUT2D eigenvalue weighted by Crippen LogP contribution is 2.16. The average Bonchev–Trinajstić information content (AvgIpc) is 2.15. The van der Waals surface area contributed by atoms with Gasteiger partial charge in [-0.05, 0) is 58.2 Å². The van der Waals surface area contributed by atoms with Crippen LogP contribution >= 0.6 is 0 Å². The summed E-state index contributed by atoms with van der Waals surface area (Å²) >= 11 is 0. The molecule has 1 saturated heterocycles. The van der Waals surface area contributed by atoms with Crippen molar-refractivity contribution in [2.75, 3.05) is 19.6 Å². The predicted molar refractivity (Wildman–Crippen MR) is 59.4 cm³/mol. The van der Waals surface area contributed by atoms with Gasteiger partial charge in [0.2, 0.25) is 0 Å². The van der Waals surface area contributed by atoms with E-state index in [4.69, 9.17) is 0 Å². The van der Waals surface area contributed by atoms with Crippen LogP contribution in [0, 0.1) is 5.92 Å². The smallest absolute Gasteiger partial charge is 0.129 e. The second kappa shape index (κ2) is 6.18. The molecule has 14 heavy (non-hydrogen) atoms. The summed E-state index contributed by atoms with van der Waals surface area (Å²) in [5.41, 5.74) is 0. The first-order valence-electron chi connectivity index (χ1n) is 5.90. The van der Waals surface area contributed by atoms with Gasteiger partial charge in [-0.25, -0.2) is 0 Å². The number of carbonyl (C=O) groups is 1. The first kappa shape index (κ1) is 11.7. The van der Waals surface area contributed by atoms with E-state index in [1.165, 1.54) is 38.9 Å². The number of ketones is 1. The van der Waals surface area contributed by atoms with Gasteiger partial charge in [0, 0.05) is 6.42 Å². The van der Waals surface area contributed by atoms with E-state index in [-0.39, 0.29) is 0 Å². The van der Waals surface area contributed by atoms with Gasteiger partial charge in [-0.3, -0.25) is 0 Å². The topological polar surface area (TPSA) is 20.3 Å². The normalized spacial score (nSPS) is 19.9. The van der Waals surface area contributed by atoms with E-state index in [0.29, 0.717) is 5.78 Å². The minimum absolute atomic E-state index is 0.331. The van der Waals surface area contributed by atoms with Gasteiger partial charge in [-0.1, -0.05) is 6.92 Å². The number of carbonyl (C=O) groups excluding carboxylic acids is 1. The van der Waals surface area contributed by atoms with Crippen molar-refractivity contribution < 1.29 is 4.79 Å². The number of likely N-dealkylation sites (tertiary alicyclic amines) is 1. The highest BCUT2D eigenvalue weighted by atomic mass is 16.1. The predicted octanol–water partition coefficient (Wildman–Crippen LogP) is 2.48. The van der Waals surface area contributed by atoms with Crippen LogP contribution in [-0.4, -0.2) is 30.3 Å². The lowest BCUT2D eigenvalue weighted by molar-refractivity contribution is -0.117. The molecule has 0 radical (unpaired) electrons. The molecular weight excluding hydrogens is 174 g/mol. The third-order valence-corrected chi connectivity index (χ3v) is 3.13. The molecule has 0 amide bonds. The minimum atomic E-state index is 0.331. The van der Waals surface area contributed by atoms with Crippen molar-refractivity contribution in [2.24, 2.45) is 5.92 Å². The third kappa shape index (κ3) is 4.75. The Labute approximate surface area is 87.7 Å². The van der Waals surface area contributed by atoms with Crippen LogP contribution in [0.15, 0.2) is 0 Å². The molecule has 0 bridgehead atoms. The van der Waals surface area contributed by atoms with E-state index in [2.05, 4.69) is 11.8 Å². The number of hydrogen-bond donors (Lipinski definition) is 0. The zero-order valence-electron chi connectivity index (χ0n) is 9.59. The maximum absolute atomic E-state index is 10.7. The molecule has 1 aliphatic heterocycles. The van der Waals surface area contributed by atoms with Crippen molar-refractivity contribution in [1.29, 1.82) is 0 Å². The molecule has 0 unspecified atom stereocenters. The number of hydrogen-bond acceptors (Lipinski definition) is 2. The Morgan fingerprint density at radius 1 is 1.29 bits per heavy atom. The van der Waals surface area contributed by atoms with Gasteiger partial charge in [0.05, 0.1) is 0 Å². The summed E-state index contributed by atoms with van der Waals surface area (Å²) < 4.78 is 0. The molecule has 0 aliphatic carbocycles. The van der Waals surface area contributed by atoms with Crippen LogP contribution < -0.4 is 0 Å². The van der Waals surface area contributed by atoms with E-state index in [9.17, 15) is 4.79 Å². The lowest BCUT2D eigenvalue weighted by Gasteiger charge is -2.30. The molecule has 1 heterocycles. The summed E-state index contributed by atoms with van der Waals surface area (Å²) in [6, 6.07) is 0.